The Morgan fingerprint density at radius 1 is 1.22 bits per heavy atom. The van der Waals surface area contributed by atoms with Gasteiger partial charge in [-0.15, -0.1) is 24.0 Å². The van der Waals surface area contributed by atoms with Crippen molar-refractivity contribution in [3.05, 3.63) is 35.5 Å². The number of hydrogen-bond acceptors (Lipinski definition) is 4. The van der Waals surface area contributed by atoms with Gasteiger partial charge in [0.1, 0.15) is 0 Å². The third kappa shape index (κ3) is 7.89. The highest BCUT2D eigenvalue weighted by atomic mass is 127. The summed E-state index contributed by atoms with van der Waals surface area (Å²) in [5.74, 6) is 0.586. The van der Waals surface area contributed by atoms with Crippen LogP contribution in [-0.2, 0) is 27.6 Å². The van der Waals surface area contributed by atoms with Gasteiger partial charge < -0.3 is 20.4 Å². The first-order chi connectivity index (χ1) is 15.0. The molecule has 10 heteroatoms. The zero-order chi connectivity index (χ0) is 22.1. The predicted molar refractivity (Wildman–Crippen MR) is 142 cm³/mol. The van der Waals surface area contributed by atoms with E-state index < -0.39 is 10.0 Å². The normalized spacial score (nSPS) is 17.2. The summed E-state index contributed by atoms with van der Waals surface area (Å²) in [5, 5.41) is 7.59. The molecule has 1 saturated heterocycles. The summed E-state index contributed by atoms with van der Waals surface area (Å²) in [7, 11) is -1.67. The fraction of sp³-hybridized carbons (Fsp3) is 0.591. The zero-order valence-electron chi connectivity index (χ0n) is 18.9. The molecule has 32 heavy (non-hydrogen) atoms. The lowest BCUT2D eigenvalue weighted by Gasteiger charge is -2.22. The Balaban J connectivity index is 0.00000363. The Kier molecular flexibility index (Phi) is 11.2. The largest absolute Gasteiger partial charge is 0.377 e. The van der Waals surface area contributed by atoms with Crippen LogP contribution in [0, 0.1) is 0 Å². The monoisotopic (exact) mass is 577 g/mol. The molecule has 2 aromatic rings. The first-order valence-corrected chi connectivity index (χ1v) is 12.8. The molecule has 0 amide bonds. The molecule has 2 heterocycles. The summed E-state index contributed by atoms with van der Waals surface area (Å²) >= 11 is 0. The first-order valence-electron chi connectivity index (χ1n) is 11.1. The molecule has 0 aliphatic carbocycles. The van der Waals surface area contributed by atoms with E-state index in [1.807, 2.05) is 0 Å². The SMILES string of the molecule is CCc1cccc2c(CCNC(=NC)NCCS(=O)(=O)NCC3CCCCO3)c[nH]c12.I. The Labute approximate surface area is 208 Å². The van der Waals surface area contributed by atoms with Gasteiger partial charge in [-0.1, -0.05) is 25.1 Å². The summed E-state index contributed by atoms with van der Waals surface area (Å²) in [5.41, 5.74) is 3.78. The molecule has 4 N–H and O–H groups in total. The van der Waals surface area contributed by atoms with Gasteiger partial charge in [0.2, 0.25) is 10.0 Å². The van der Waals surface area contributed by atoms with Crippen LogP contribution < -0.4 is 15.4 Å². The van der Waals surface area contributed by atoms with Crippen molar-refractivity contribution in [2.24, 2.45) is 4.99 Å². The summed E-state index contributed by atoms with van der Waals surface area (Å²) in [6.45, 7) is 4.21. The van der Waals surface area contributed by atoms with E-state index in [-0.39, 0.29) is 42.4 Å². The van der Waals surface area contributed by atoms with Crippen LogP contribution in [0.25, 0.3) is 10.9 Å². The smallest absolute Gasteiger partial charge is 0.213 e. The summed E-state index contributed by atoms with van der Waals surface area (Å²) in [6, 6.07) is 6.39. The predicted octanol–water partition coefficient (Wildman–Crippen LogP) is 2.54. The number of benzene rings is 1. The standard InChI is InChI=1S/C22H35N5O3S.HI/c1-3-17-7-6-9-20-18(15-26-21(17)20)10-11-24-22(23-2)25-12-14-31(28,29)27-16-19-8-4-5-13-30-19;/h6-7,9,15,19,26-27H,3-5,8,10-14,16H2,1-2H3,(H2,23,24,25);1H. The van der Waals surface area contributed by atoms with Crippen molar-refractivity contribution >= 4 is 50.9 Å². The molecule has 1 aliphatic rings. The van der Waals surface area contributed by atoms with Crippen molar-refractivity contribution in [2.45, 2.75) is 45.1 Å². The van der Waals surface area contributed by atoms with Crippen LogP contribution >= 0.6 is 24.0 Å². The maximum Gasteiger partial charge on any atom is 0.213 e. The summed E-state index contributed by atoms with van der Waals surface area (Å²) in [6.07, 6.45) is 6.95. The number of aryl methyl sites for hydroxylation is 1. The molecule has 180 valence electrons. The molecule has 1 fully saturated rings. The number of H-pyrrole nitrogens is 1. The van der Waals surface area contributed by atoms with Crippen LogP contribution in [0.2, 0.25) is 0 Å². The van der Waals surface area contributed by atoms with Gasteiger partial charge in [-0.2, -0.15) is 0 Å². The molecule has 0 saturated carbocycles. The fourth-order valence-corrected chi connectivity index (χ4v) is 4.83. The minimum Gasteiger partial charge on any atom is -0.377 e. The number of nitrogens with one attached hydrogen (secondary N) is 4. The molecule has 1 aromatic carbocycles. The lowest BCUT2D eigenvalue weighted by atomic mass is 10.1. The van der Waals surface area contributed by atoms with Gasteiger partial charge in [0, 0.05) is 50.4 Å². The second kappa shape index (κ2) is 13.4. The Hall–Kier alpha value is -1.37. The molecule has 0 bridgehead atoms. The number of halogens is 1. The number of ether oxygens (including phenoxy) is 1. The third-order valence-electron chi connectivity index (χ3n) is 5.65. The van der Waals surface area contributed by atoms with Gasteiger partial charge in [0.25, 0.3) is 0 Å². The van der Waals surface area contributed by atoms with Gasteiger partial charge in [-0.3, -0.25) is 4.99 Å². The highest BCUT2D eigenvalue weighted by Gasteiger charge is 2.17. The van der Waals surface area contributed by atoms with Crippen LogP contribution in [-0.4, -0.2) is 64.5 Å². The number of sulfonamides is 1. The van der Waals surface area contributed by atoms with E-state index in [9.17, 15) is 8.42 Å². The van der Waals surface area contributed by atoms with E-state index in [2.05, 4.69) is 56.7 Å². The topological polar surface area (TPSA) is 108 Å². The van der Waals surface area contributed by atoms with Gasteiger partial charge in [-0.05, 0) is 43.2 Å². The number of hydrogen-bond donors (Lipinski definition) is 4. The molecular weight excluding hydrogens is 541 g/mol. The second-order valence-electron chi connectivity index (χ2n) is 7.84. The molecular formula is C22H36IN5O3S. The molecule has 1 aromatic heterocycles. The van der Waals surface area contributed by atoms with Crippen molar-refractivity contribution in [3.63, 3.8) is 0 Å². The van der Waals surface area contributed by atoms with Crippen LogP contribution in [0.3, 0.4) is 0 Å². The molecule has 1 unspecified atom stereocenters. The Morgan fingerprint density at radius 2 is 2.03 bits per heavy atom. The molecule has 1 atom stereocenters. The number of guanidine groups is 1. The maximum absolute atomic E-state index is 12.2. The highest BCUT2D eigenvalue weighted by molar-refractivity contribution is 14.0. The fourth-order valence-electron chi connectivity index (χ4n) is 3.88. The van der Waals surface area contributed by atoms with Crippen molar-refractivity contribution in [3.8, 4) is 0 Å². The van der Waals surface area contributed by atoms with Crippen LogP contribution in [0.15, 0.2) is 29.4 Å². The number of aromatic nitrogens is 1. The van der Waals surface area contributed by atoms with E-state index in [0.29, 0.717) is 25.7 Å². The minimum atomic E-state index is -3.35. The van der Waals surface area contributed by atoms with Crippen LogP contribution in [0.4, 0.5) is 0 Å². The number of para-hydroxylation sites is 1. The highest BCUT2D eigenvalue weighted by Crippen LogP contribution is 2.22. The van der Waals surface area contributed by atoms with Crippen LogP contribution in [0.1, 0.15) is 37.3 Å². The average Bonchev–Trinajstić information content (AvgIpc) is 3.20. The third-order valence-corrected chi connectivity index (χ3v) is 6.99. The Morgan fingerprint density at radius 3 is 2.75 bits per heavy atom. The van der Waals surface area contributed by atoms with E-state index in [1.165, 1.54) is 22.0 Å². The zero-order valence-corrected chi connectivity index (χ0v) is 22.1. The van der Waals surface area contributed by atoms with Crippen molar-refractivity contribution < 1.29 is 13.2 Å². The van der Waals surface area contributed by atoms with Gasteiger partial charge in [-0.25, -0.2) is 13.1 Å². The van der Waals surface area contributed by atoms with E-state index >= 15 is 0 Å². The lowest BCUT2D eigenvalue weighted by molar-refractivity contribution is 0.0200. The lowest BCUT2D eigenvalue weighted by Crippen LogP contribution is -2.43. The molecule has 0 radical (unpaired) electrons. The van der Waals surface area contributed by atoms with Crippen molar-refractivity contribution in [1.82, 2.24) is 20.3 Å². The van der Waals surface area contributed by atoms with Crippen molar-refractivity contribution in [2.75, 3.05) is 39.0 Å². The van der Waals surface area contributed by atoms with E-state index in [0.717, 1.165) is 32.1 Å². The molecule has 3 rings (SSSR count). The number of rotatable bonds is 10. The molecule has 0 spiro atoms. The van der Waals surface area contributed by atoms with Gasteiger partial charge >= 0.3 is 0 Å². The first kappa shape index (κ1) is 26.9. The van der Waals surface area contributed by atoms with Crippen molar-refractivity contribution in [1.29, 1.82) is 0 Å². The molecule has 1 aliphatic heterocycles. The average molecular weight is 578 g/mol. The number of aromatic amines is 1. The number of fused-ring (bicyclic) bond motifs is 1. The quantitative estimate of drug-likeness (QED) is 0.197. The van der Waals surface area contributed by atoms with Gasteiger partial charge in [0.15, 0.2) is 5.96 Å². The summed E-state index contributed by atoms with van der Waals surface area (Å²) < 4.78 is 32.7. The Bertz CT molecular complexity index is 971. The second-order valence-corrected chi connectivity index (χ2v) is 9.77. The minimum absolute atomic E-state index is 0. The van der Waals surface area contributed by atoms with Crippen LogP contribution in [0.5, 0.6) is 0 Å². The maximum atomic E-state index is 12.2. The number of aliphatic imine (C=N–C) groups is 1. The number of nitrogens with zero attached hydrogens (tertiary/aromatic N) is 1. The summed E-state index contributed by atoms with van der Waals surface area (Å²) in [4.78, 5) is 7.58. The van der Waals surface area contributed by atoms with Gasteiger partial charge in [0.05, 0.1) is 11.9 Å². The van der Waals surface area contributed by atoms with E-state index in [4.69, 9.17) is 4.74 Å². The van der Waals surface area contributed by atoms with E-state index in [1.54, 1.807) is 7.05 Å². The molecule has 8 nitrogen and oxygen atoms in total.